The van der Waals surface area contributed by atoms with Crippen molar-refractivity contribution < 1.29 is 22.8 Å². The summed E-state index contributed by atoms with van der Waals surface area (Å²) >= 11 is 0. The third kappa shape index (κ3) is 6.22. The summed E-state index contributed by atoms with van der Waals surface area (Å²) < 4.78 is 41.4. The van der Waals surface area contributed by atoms with E-state index in [0.29, 0.717) is 28.1 Å². The third-order valence-corrected chi connectivity index (χ3v) is 6.35. The van der Waals surface area contributed by atoms with Gasteiger partial charge in [0.1, 0.15) is 5.82 Å². The molecule has 3 aromatic carbocycles. The first-order valence-electron chi connectivity index (χ1n) is 12.6. The highest BCUT2D eigenvalue weighted by atomic mass is 19.4. The number of fused-ring (bicyclic) bond motifs is 1. The number of amides is 2. The van der Waals surface area contributed by atoms with Crippen LogP contribution in [0, 0.1) is 12.3 Å². The number of carbonyl (C=O) groups excluding carboxylic acids is 2. The van der Waals surface area contributed by atoms with E-state index >= 15 is 0 Å². The number of aromatic nitrogens is 2. The van der Waals surface area contributed by atoms with Crippen molar-refractivity contribution in [1.29, 1.82) is 0 Å². The lowest BCUT2D eigenvalue weighted by molar-refractivity contribution is -0.138. The Morgan fingerprint density at radius 2 is 1.65 bits per heavy atom. The van der Waals surface area contributed by atoms with E-state index in [-0.39, 0.29) is 18.1 Å². The fourth-order valence-electron chi connectivity index (χ4n) is 4.12. The highest BCUT2D eigenvalue weighted by Crippen LogP contribution is 2.34. The van der Waals surface area contributed by atoms with Gasteiger partial charge in [0.25, 0.3) is 5.91 Å². The zero-order valence-corrected chi connectivity index (χ0v) is 22.8. The first-order valence-corrected chi connectivity index (χ1v) is 12.6. The second kappa shape index (κ2) is 11.0. The largest absolute Gasteiger partial charge is 0.417 e. The van der Waals surface area contributed by atoms with Crippen LogP contribution in [0.25, 0.3) is 22.3 Å². The molecular formula is C30H30F3N5O2. The van der Waals surface area contributed by atoms with Crippen LogP contribution in [0.5, 0.6) is 0 Å². The zero-order valence-electron chi connectivity index (χ0n) is 22.8. The van der Waals surface area contributed by atoms with E-state index < -0.39 is 28.6 Å². The molecule has 0 spiro atoms. The molecule has 0 aliphatic heterocycles. The summed E-state index contributed by atoms with van der Waals surface area (Å²) in [6.45, 7) is 7.11. The van der Waals surface area contributed by atoms with Gasteiger partial charge in [-0.3, -0.25) is 9.59 Å². The number of halogens is 3. The number of anilines is 2. The standard InChI is InChI=1S/C30H30F3N5O2/c1-17-8-6-7-9-20(17)26-37-24-15-19(11-12-21(24)25(34-5)38-26)36-27(39)22-14-18(10-13-23(22)30(31,32)33)16-35-28(40)29(2,3)4/h6-15H,16H2,1-5H3,(H,35,40)(H,36,39)(H,34,37,38). The summed E-state index contributed by atoms with van der Waals surface area (Å²) in [5, 5.41) is 9.01. The number of nitrogens with zero attached hydrogens (tertiary/aromatic N) is 2. The van der Waals surface area contributed by atoms with Crippen molar-refractivity contribution in [3.63, 3.8) is 0 Å². The molecule has 1 aromatic heterocycles. The van der Waals surface area contributed by atoms with E-state index in [1.54, 1.807) is 46.0 Å². The van der Waals surface area contributed by atoms with Gasteiger partial charge in [0.2, 0.25) is 5.91 Å². The van der Waals surface area contributed by atoms with E-state index in [4.69, 9.17) is 0 Å². The average Bonchev–Trinajstić information content (AvgIpc) is 2.89. The van der Waals surface area contributed by atoms with Gasteiger partial charge in [-0.05, 0) is 48.4 Å². The molecule has 0 aliphatic rings. The highest BCUT2D eigenvalue weighted by molar-refractivity contribution is 6.06. The molecule has 0 saturated heterocycles. The topological polar surface area (TPSA) is 96.0 Å². The lowest BCUT2D eigenvalue weighted by Gasteiger charge is -2.19. The molecule has 0 aliphatic carbocycles. The van der Waals surface area contributed by atoms with Crippen LogP contribution in [0.3, 0.4) is 0 Å². The molecule has 0 fully saturated rings. The summed E-state index contributed by atoms with van der Waals surface area (Å²) in [5.74, 6) is -0.145. The SMILES string of the molecule is CNc1nc(-c2ccccc2C)nc2cc(NC(=O)c3cc(CNC(=O)C(C)(C)C)ccc3C(F)(F)F)ccc12. The molecule has 0 saturated carbocycles. The molecule has 0 bridgehead atoms. The number of hydrogen-bond acceptors (Lipinski definition) is 5. The van der Waals surface area contributed by atoms with Crippen LogP contribution >= 0.6 is 0 Å². The van der Waals surface area contributed by atoms with E-state index in [9.17, 15) is 22.8 Å². The first kappa shape index (κ1) is 28.5. The molecule has 2 amide bonds. The lowest BCUT2D eigenvalue weighted by Crippen LogP contribution is -2.34. The summed E-state index contributed by atoms with van der Waals surface area (Å²) in [4.78, 5) is 34.7. The van der Waals surface area contributed by atoms with E-state index in [1.165, 1.54) is 6.07 Å². The van der Waals surface area contributed by atoms with Crippen molar-refractivity contribution in [2.75, 3.05) is 17.7 Å². The molecule has 208 valence electrons. The van der Waals surface area contributed by atoms with Crippen LogP contribution in [-0.4, -0.2) is 28.8 Å². The number of aryl methyl sites for hydroxylation is 1. The number of alkyl halides is 3. The molecule has 4 aromatic rings. The van der Waals surface area contributed by atoms with Crippen LogP contribution in [0.1, 0.15) is 47.8 Å². The maximum Gasteiger partial charge on any atom is 0.417 e. The summed E-state index contributed by atoms with van der Waals surface area (Å²) in [6.07, 6.45) is -4.75. The van der Waals surface area contributed by atoms with Crippen LogP contribution in [0.15, 0.2) is 60.7 Å². The molecule has 7 nitrogen and oxygen atoms in total. The van der Waals surface area contributed by atoms with E-state index in [1.807, 2.05) is 31.2 Å². The van der Waals surface area contributed by atoms with E-state index in [2.05, 4.69) is 25.9 Å². The molecule has 4 rings (SSSR count). The molecular weight excluding hydrogens is 519 g/mol. The fraction of sp³-hybridized carbons (Fsp3) is 0.267. The van der Waals surface area contributed by atoms with Crippen molar-refractivity contribution in [3.05, 3.63) is 82.9 Å². The fourth-order valence-corrected chi connectivity index (χ4v) is 4.12. The van der Waals surface area contributed by atoms with Gasteiger partial charge in [0.15, 0.2) is 5.82 Å². The Labute approximate surface area is 230 Å². The molecule has 0 unspecified atom stereocenters. The number of benzene rings is 3. The molecule has 3 N–H and O–H groups in total. The lowest BCUT2D eigenvalue weighted by atomic mass is 9.95. The molecule has 0 atom stereocenters. The highest BCUT2D eigenvalue weighted by Gasteiger charge is 2.35. The molecule has 10 heteroatoms. The predicted octanol–water partition coefficient (Wildman–Crippen LogP) is 6.58. The second-order valence-corrected chi connectivity index (χ2v) is 10.5. The van der Waals surface area contributed by atoms with Crippen molar-refractivity contribution in [3.8, 4) is 11.4 Å². The van der Waals surface area contributed by atoms with Crippen LogP contribution in [-0.2, 0) is 17.5 Å². The predicted molar refractivity (Wildman–Crippen MR) is 150 cm³/mol. The maximum absolute atomic E-state index is 13.8. The van der Waals surface area contributed by atoms with Crippen LogP contribution in [0.4, 0.5) is 24.7 Å². The minimum absolute atomic E-state index is 0.0180. The zero-order chi connectivity index (χ0) is 29.2. The Morgan fingerprint density at radius 1 is 0.925 bits per heavy atom. The van der Waals surface area contributed by atoms with Crippen LogP contribution < -0.4 is 16.0 Å². The smallest absolute Gasteiger partial charge is 0.373 e. The normalized spacial score (nSPS) is 11.8. The quantitative estimate of drug-likeness (QED) is 0.253. The minimum atomic E-state index is -4.75. The molecule has 40 heavy (non-hydrogen) atoms. The number of nitrogens with one attached hydrogen (secondary N) is 3. The van der Waals surface area contributed by atoms with Crippen molar-refractivity contribution in [2.24, 2.45) is 5.41 Å². The van der Waals surface area contributed by atoms with Crippen LogP contribution in [0.2, 0.25) is 0 Å². The Bertz CT molecular complexity index is 1590. The summed E-state index contributed by atoms with van der Waals surface area (Å²) in [5.41, 5.74) is 0.666. The Kier molecular flexibility index (Phi) is 7.81. The van der Waals surface area contributed by atoms with Crippen molar-refractivity contribution in [1.82, 2.24) is 15.3 Å². The molecule has 0 radical (unpaired) electrons. The minimum Gasteiger partial charge on any atom is -0.373 e. The van der Waals surface area contributed by atoms with Gasteiger partial charge in [-0.15, -0.1) is 0 Å². The van der Waals surface area contributed by atoms with Crippen molar-refractivity contribution in [2.45, 2.75) is 40.4 Å². The maximum atomic E-state index is 13.8. The van der Waals surface area contributed by atoms with Gasteiger partial charge in [-0.25, -0.2) is 9.97 Å². The first-order chi connectivity index (χ1) is 18.8. The molecule has 1 heterocycles. The second-order valence-electron chi connectivity index (χ2n) is 10.5. The van der Waals surface area contributed by atoms with Gasteiger partial charge >= 0.3 is 6.18 Å². The average molecular weight is 550 g/mol. The summed E-state index contributed by atoms with van der Waals surface area (Å²) in [7, 11) is 1.73. The third-order valence-electron chi connectivity index (χ3n) is 6.35. The van der Waals surface area contributed by atoms with Gasteiger partial charge in [-0.2, -0.15) is 13.2 Å². The monoisotopic (exact) mass is 549 g/mol. The Morgan fingerprint density at radius 3 is 2.30 bits per heavy atom. The number of carbonyl (C=O) groups is 2. The Hall–Kier alpha value is -4.47. The van der Waals surface area contributed by atoms with E-state index in [0.717, 1.165) is 23.3 Å². The van der Waals surface area contributed by atoms with Gasteiger partial charge in [0.05, 0.1) is 16.6 Å². The van der Waals surface area contributed by atoms with Gasteiger partial charge in [0, 0.05) is 35.6 Å². The number of rotatable bonds is 6. The number of hydrogen-bond donors (Lipinski definition) is 3. The van der Waals surface area contributed by atoms with Crippen molar-refractivity contribution >= 4 is 34.2 Å². The van der Waals surface area contributed by atoms with Gasteiger partial charge in [-0.1, -0.05) is 51.1 Å². The summed E-state index contributed by atoms with van der Waals surface area (Å²) in [6, 6.07) is 15.8. The Balaban J connectivity index is 1.68. The van der Waals surface area contributed by atoms with Gasteiger partial charge < -0.3 is 16.0 Å².